The van der Waals surface area contributed by atoms with Gasteiger partial charge in [0.1, 0.15) is 5.92 Å². The molecule has 0 bridgehead atoms. The molecule has 0 saturated heterocycles. The summed E-state index contributed by atoms with van der Waals surface area (Å²) in [7, 11) is 0. The number of benzene rings is 1. The molecule has 1 atom stereocenters. The SMILES string of the molecule is N#C[C@H](C(=O)C1(c2ccccc2)CCC1)c1ccc(C(F)(F)F)cn1. The molecule has 0 aliphatic heterocycles. The van der Waals surface area contributed by atoms with Gasteiger partial charge in [0.25, 0.3) is 0 Å². The molecular weight excluding hydrogens is 329 g/mol. The van der Waals surface area contributed by atoms with Gasteiger partial charge in [0.15, 0.2) is 5.78 Å². The van der Waals surface area contributed by atoms with Gasteiger partial charge in [0.2, 0.25) is 0 Å². The quantitative estimate of drug-likeness (QED) is 0.826. The third kappa shape index (κ3) is 3.02. The van der Waals surface area contributed by atoms with Gasteiger partial charge in [0.05, 0.1) is 22.7 Å². The van der Waals surface area contributed by atoms with Crippen LogP contribution in [-0.2, 0) is 16.4 Å². The molecule has 1 saturated carbocycles. The van der Waals surface area contributed by atoms with Crippen molar-refractivity contribution in [2.45, 2.75) is 36.8 Å². The topological polar surface area (TPSA) is 53.8 Å². The lowest BCUT2D eigenvalue weighted by Gasteiger charge is -2.42. The summed E-state index contributed by atoms with van der Waals surface area (Å²) in [4.78, 5) is 16.8. The van der Waals surface area contributed by atoms with Gasteiger partial charge in [-0.25, -0.2) is 0 Å². The average molecular weight is 344 g/mol. The van der Waals surface area contributed by atoms with E-state index in [1.54, 1.807) is 0 Å². The van der Waals surface area contributed by atoms with E-state index in [2.05, 4.69) is 4.98 Å². The number of carbonyl (C=O) groups is 1. The zero-order valence-corrected chi connectivity index (χ0v) is 13.3. The summed E-state index contributed by atoms with van der Waals surface area (Å²) >= 11 is 0. The maximum atomic E-state index is 13.1. The van der Waals surface area contributed by atoms with Crippen molar-refractivity contribution < 1.29 is 18.0 Å². The van der Waals surface area contributed by atoms with E-state index in [-0.39, 0.29) is 11.5 Å². The molecule has 1 aliphatic rings. The van der Waals surface area contributed by atoms with E-state index in [0.717, 1.165) is 24.1 Å². The number of carbonyl (C=O) groups excluding carboxylic acids is 1. The van der Waals surface area contributed by atoms with Gasteiger partial charge in [-0.15, -0.1) is 0 Å². The number of hydrogen-bond acceptors (Lipinski definition) is 3. The molecule has 3 rings (SSSR count). The third-order valence-electron chi connectivity index (χ3n) is 4.81. The number of rotatable bonds is 4. The van der Waals surface area contributed by atoms with E-state index in [0.29, 0.717) is 19.0 Å². The van der Waals surface area contributed by atoms with Crippen LogP contribution in [-0.4, -0.2) is 10.8 Å². The minimum Gasteiger partial charge on any atom is -0.297 e. The molecule has 2 aromatic rings. The lowest BCUT2D eigenvalue weighted by Crippen LogP contribution is -2.45. The predicted molar refractivity (Wildman–Crippen MR) is 84.6 cm³/mol. The molecule has 0 unspecified atom stereocenters. The fourth-order valence-electron chi connectivity index (χ4n) is 3.24. The number of nitrogens with zero attached hydrogens (tertiary/aromatic N) is 2. The van der Waals surface area contributed by atoms with E-state index in [1.165, 1.54) is 0 Å². The number of halogens is 3. The molecule has 1 aromatic heterocycles. The first-order valence-corrected chi connectivity index (χ1v) is 7.91. The van der Waals surface area contributed by atoms with Crippen molar-refractivity contribution >= 4 is 5.78 Å². The molecule has 1 fully saturated rings. The number of pyridine rings is 1. The Morgan fingerprint density at radius 1 is 1.16 bits per heavy atom. The molecule has 0 radical (unpaired) electrons. The monoisotopic (exact) mass is 344 g/mol. The Morgan fingerprint density at radius 3 is 2.28 bits per heavy atom. The maximum Gasteiger partial charge on any atom is 0.417 e. The summed E-state index contributed by atoms with van der Waals surface area (Å²) in [5.74, 6) is -1.47. The van der Waals surface area contributed by atoms with Gasteiger partial charge in [-0.2, -0.15) is 18.4 Å². The number of ketones is 1. The molecule has 6 heteroatoms. The van der Waals surface area contributed by atoms with Gasteiger partial charge in [-0.3, -0.25) is 9.78 Å². The Bertz CT molecular complexity index is 803. The molecular formula is C19H15F3N2O. The molecule has 0 N–H and O–H groups in total. The van der Waals surface area contributed by atoms with Crippen LogP contribution in [0.4, 0.5) is 13.2 Å². The molecule has 128 valence electrons. The molecule has 3 nitrogen and oxygen atoms in total. The smallest absolute Gasteiger partial charge is 0.297 e. The molecule has 25 heavy (non-hydrogen) atoms. The molecule has 1 heterocycles. The highest BCUT2D eigenvalue weighted by molar-refractivity contribution is 5.98. The van der Waals surface area contributed by atoms with Crippen LogP contribution >= 0.6 is 0 Å². The van der Waals surface area contributed by atoms with Crippen LogP contribution in [0, 0.1) is 11.3 Å². The van der Waals surface area contributed by atoms with Crippen molar-refractivity contribution in [1.82, 2.24) is 4.98 Å². The van der Waals surface area contributed by atoms with Gasteiger partial charge >= 0.3 is 6.18 Å². The Hall–Kier alpha value is -2.68. The van der Waals surface area contributed by atoms with Crippen LogP contribution in [0.5, 0.6) is 0 Å². The van der Waals surface area contributed by atoms with E-state index in [4.69, 9.17) is 0 Å². The van der Waals surface area contributed by atoms with Crippen LogP contribution in [0.2, 0.25) is 0 Å². The standard InChI is InChI=1S/C19H15F3N2O/c20-19(21,22)14-7-8-16(24-12-14)15(11-23)17(25)18(9-4-10-18)13-5-2-1-3-6-13/h1-3,5-8,12,15H,4,9-10H2/t15-/m0/s1. The van der Waals surface area contributed by atoms with Gasteiger partial charge < -0.3 is 0 Å². The lowest BCUT2D eigenvalue weighted by atomic mass is 9.59. The summed E-state index contributed by atoms with van der Waals surface area (Å²) in [6.45, 7) is 0. The first-order chi connectivity index (χ1) is 11.9. The third-order valence-corrected chi connectivity index (χ3v) is 4.81. The first-order valence-electron chi connectivity index (χ1n) is 7.91. The van der Waals surface area contributed by atoms with Crippen LogP contribution in [0.15, 0.2) is 48.7 Å². The Balaban J connectivity index is 1.93. The summed E-state index contributed by atoms with van der Waals surface area (Å²) < 4.78 is 38.0. The second-order valence-corrected chi connectivity index (χ2v) is 6.20. The van der Waals surface area contributed by atoms with E-state index in [1.807, 2.05) is 36.4 Å². The molecule has 0 amide bonds. The van der Waals surface area contributed by atoms with Crippen molar-refractivity contribution in [3.8, 4) is 6.07 Å². The second-order valence-electron chi connectivity index (χ2n) is 6.20. The fraction of sp³-hybridized carbons (Fsp3) is 0.316. The molecule has 1 aliphatic carbocycles. The Morgan fingerprint density at radius 2 is 1.84 bits per heavy atom. The normalized spacial score (nSPS) is 17.2. The highest BCUT2D eigenvalue weighted by Gasteiger charge is 2.48. The lowest BCUT2D eigenvalue weighted by molar-refractivity contribution is -0.137. The van der Waals surface area contributed by atoms with Crippen LogP contribution in [0.3, 0.4) is 0 Å². The fourth-order valence-corrected chi connectivity index (χ4v) is 3.24. The van der Waals surface area contributed by atoms with E-state index < -0.39 is 23.1 Å². The molecule has 0 spiro atoms. The highest BCUT2D eigenvalue weighted by atomic mass is 19.4. The average Bonchev–Trinajstić information content (AvgIpc) is 2.55. The summed E-state index contributed by atoms with van der Waals surface area (Å²) in [5.41, 5.74) is -0.741. The van der Waals surface area contributed by atoms with Crippen LogP contribution in [0.25, 0.3) is 0 Å². The summed E-state index contributed by atoms with van der Waals surface area (Å²) in [6.07, 6.45) is -1.69. The van der Waals surface area contributed by atoms with Crippen molar-refractivity contribution in [1.29, 1.82) is 5.26 Å². The molecule has 1 aromatic carbocycles. The Kier molecular flexibility index (Phi) is 4.34. The first kappa shape index (κ1) is 17.2. The van der Waals surface area contributed by atoms with Crippen molar-refractivity contribution in [2.24, 2.45) is 0 Å². The van der Waals surface area contributed by atoms with Crippen molar-refractivity contribution in [3.63, 3.8) is 0 Å². The van der Waals surface area contributed by atoms with E-state index in [9.17, 15) is 23.2 Å². The number of alkyl halides is 3. The second kappa shape index (κ2) is 6.32. The maximum absolute atomic E-state index is 13.1. The number of aromatic nitrogens is 1. The van der Waals surface area contributed by atoms with Crippen molar-refractivity contribution in [2.75, 3.05) is 0 Å². The van der Waals surface area contributed by atoms with Gasteiger partial charge in [-0.1, -0.05) is 36.8 Å². The number of nitriles is 1. The summed E-state index contributed by atoms with van der Waals surface area (Å²) in [5, 5.41) is 9.48. The minimum atomic E-state index is -4.50. The van der Waals surface area contributed by atoms with Crippen molar-refractivity contribution in [3.05, 3.63) is 65.5 Å². The Labute approximate surface area is 143 Å². The zero-order valence-electron chi connectivity index (χ0n) is 13.3. The van der Waals surface area contributed by atoms with E-state index >= 15 is 0 Å². The predicted octanol–water partition coefficient (Wildman–Crippen LogP) is 4.40. The van der Waals surface area contributed by atoms with Crippen LogP contribution < -0.4 is 0 Å². The summed E-state index contributed by atoms with van der Waals surface area (Å²) in [6, 6.07) is 13.1. The zero-order chi connectivity index (χ0) is 18.1. The highest BCUT2D eigenvalue weighted by Crippen LogP contribution is 2.47. The number of hydrogen-bond donors (Lipinski definition) is 0. The van der Waals surface area contributed by atoms with Gasteiger partial charge in [-0.05, 0) is 30.5 Å². The van der Waals surface area contributed by atoms with Crippen LogP contribution in [0.1, 0.15) is 42.0 Å². The minimum absolute atomic E-state index is 0.0581. The van der Waals surface area contributed by atoms with Gasteiger partial charge in [0, 0.05) is 6.20 Å². The number of Topliss-reactive ketones (excluding diaryl/α,β-unsaturated/α-hetero) is 1. The largest absolute Gasteiger partial charge is 0.417 e.